The minimum Gasteiger partial charge on any atom is -0.106 e. The van der Waals surface area contributed by atoms with E-state index in [0.717, 1.165) is 24.2 Å². The molecule has 0 aliphatic heterocycles. The first-order valence-electron chi connectivity index (χ1n) is 18.1. The van der Waals surface area contributed by atoms with Crippen LogP contribution in [0.25, 0.3) is 0 Å². The molecule has 0 aromatic carbocycles. The van der Waals surface area contributed by atoms with E-state index < -0.39 is 0 Å². The molecule has 1 aliphatic carbocycles. The van der Waals surface area contributed by atoms with Crippen LogP contribution in [-0.4, -0.2) is 0 Å². The summed E-state index contributed by atoms with van der Waals surface area (Å²) < 4.78 is 0. The van der Waals surface area contributed by atoms with Crippen molar-refractivity contribution in [2.75, 3.05) is 0 Å². The third kappa shape index (κ3) is 10.2. The van der Waals surface area contributed by atoms with Gasteiger partial charge in [-0.3, -0.25) is 0 Å². The number of hydrogen-bond donors (Lipinski definition) is 0. The summed E-state index contributed by atoms with van der Waals surface area (Å²) >= 11 is 0. The van der Waals surface area contributed by atoms with Gasteiger partial charge >= 0.3 is 0 Å². The fourth-order valence-electron chi connectivity index (χ4n) is 8.44. The zero-order valence-electron chi connectivity index (χ0n) is 34.3. The molecule has 3 atom stereocenters. The second kappa shape index (κ2) is 15.4. The van der Waals surface area contributed by atoms with Crippen molar-refractivity contribution >= 4 is 0 Å². The molecule has 1 fully saturated rings. The van der Waals surface area contributed by atoms with Crippen molar-refractivity contribution < 1.29 is 0 Å². The Hall–Kier alpha value is -0.520. The molecule has 0 heterocycles. The van der Waals surface area contributed by atoms with Crippen LogP contribution in [-0.2, 0) is 0 Å². The largest absolute Gasteiger partial charge is 0.106 e. The lowest BCUT2D eigenvalue weighted by molar-refractivity contribution is -0.144. The van der Waals surface area contributed by atoms with E-state index >= 15 is 0 Å². The molecule has 0 aromatic rings. The van der Waals surface area contributed by atoms with Gasteiger partial charge in [-0.05, 0) is 100 Å². The van der Waals surface area contributed by atoms with Gasteiger partial charge in [0.25, 0.3) is 0 Å². The first-order valence-corrected chi connectivity index (χ1v) is 18.1. The van der Waals surface area contributed by atoms with E-state index in [-0.39, 0.29) is 27.1 Å². The zero-order chi connectivity index (χ0) is 35.3. The smallest absolute Gasteiger partial charge is 0.0243 e. The normalized spacial score (nSPS) is 21.3. The van der Waals surface area contributed by atoms with Crippen LogP contribution in [0, 0.1) is 61.1 Å². The Morgan fingerprint density at radius 1 is 0.558 bits per heavy atom. The molecule has 0 bridgehead atoms. The molecule has 0 spiro atoms. The molecule has 0 N–H and O–H groups in total. The molecule has 0 nitrogen and oxygen atoms in total. The summed E-state index contributed by atoms with van der Waals surface area (Å²) in [7, 11) is 0. The van der Waals surface area contributed by atoms with Gasteiger partial charge in [0.1, 0.15) is 0 Å². The molecule has 43 heavy (non-hydrogen) atoms. The second-order valence-corrected chi connectivity index (χ2v) is 20.2. The molecular weight excluding hydrogens is 516 g/mol. The predicted octanol–water partition coefficient (Wildman–Crippen LogP) is 15.2. The highest BCUT2D eigenvalue weighted by atomic mass is 14.6. The summed E-state index contributed by atoms with van der Waals surface area (Å²) in [4.78, 5) is 0. The van der Waals surface area contributed by atoms with Crippen LogP contribution in [0.1, 0.15) is 190 Å². The predicted molar refractivity (Wildman–Crippen MR) is 202 cm³/mol. The average Bonchev–Trinajstić information content (AvgIpc) is 2.83. The molecular formula is C43H86. The maximum Gasteiger partial charge on any atom is -0.0243 e. The van der Waals surface area contributed by atoms with Gasteiger partial charge in [-0.25, -0.2) is 0 Å². The Labute approximate surface area is 276 Å². The molecule has 0 aromatic heterocycles. The monoisotopic (exact) mass is 603 g/mol. The summed E-state index contributed by atoms with van der Waals surface area (Å²) in [6, 6.07) is 0. The summed E-state index contributed by atoms with van der Waals surface area (Å²) in [5.41, 5.74) is 3.34. The molecule has 3 unspecified atom stereocenters. The minimum atomic E-state index is 0.159. The minimum absolute atomic E-state index is 0.159. The van der Waals surface area contributed by atoms with Crippen molar-refractivity contribution in [1.29, 1.82) is 0 Å². The third-order valence-electron chi connectivity index (χ3n) is 14.2. The SMILES string of the molecule is C=C.C=C(C)CC(C)(C)C(C)(C)C(C)(C)C(C)(C)C1CC(C(C)(C)C)CC(C(C)(C)C(C)(C)CC(C)(C)CC)C1.CCC. The highest BCUT2D eigenvalue weighted by Gasteiger charge is 2.59. The van der Waals surface area contributed by atoms with Crippen molar-refractivity contribution in [1.82, 2.24) is 0 Å². The van der Waals surface area contributed by atoms with Gasteiger partial charge < -0.3 is 0 Å². The van der Waals surface area contributed by atoms with Crippen molar-refractivity contribution in [3.8, 4) is 0 Å². The van der Waals surface area contributed by atoms with Crippen molar-refractivity contribution in [2.24, 2.45) is 61.1 Å². The first-order chi connectivity index (χ1) is 18.9. The molecule has 1 rings (SSSR count). The van der Waals surface area contributed by atoms with E-state index in [1.807, 2.05) is 0 Å². The Morgan fingerprint density at radius 3 is 1.23 bits per heavy atom. The van der Waals surface area contributed by atoms with Crippen LogP contribution in [0.5, 0.6) is 0 Å². The van der Waals surface area contributed by atoms with E-state index in [0.29, 0.717) is 16.2 Å². The van der Waals surface area contributed by atoms with Crippen LogP contribution in [0.2, 0.25) is 0 Å². The molecule has 0 amide bonds. The Bertz CT molecular complexity index is 832. The zero-order valence-corrected chi connectivity index (χ0v) is 34.3. The summed E-state index contributed by atoms with van der Waals surface area (Å²) in [5, 5.41) is 0. The number of allylic oxidation sites excluding steroid dienone is 1. The standard InChI is InChI=1S/C38H74.C3H8.C2H4/c1-21-32(7,8)26-34(11,12)35(13,14)29-22-28(31(4,5)6)23-30(24-29)36(15,16)38(19,20)37(17,18)33(9,10)25-27(2)3;1-3-2;1-2/h28-30H,2,21-26H2,1,3-20H3;3H2,1-2H3;1-2H2. The maximum atomic E-state index is 4.32. The summed E-state index contributed by atoms with van der Waals surface area (Å²) in [6.07, 6.45) is 8.99. The molecule has 258 valence electrons. The third-order valence-corrected chi connectivity index (χ3v) is 14.2. The fourth-order valence-corrected chi connectivity index (χ4v) is 8.44. The fraction of sp³-hybridized carbons (Fsp3) is 0.907. The van der Waals surface area contributed by atoms with Gasteiger partial charge in [0.15, 0.2) is 0 Å². The Balaban J connectivity index is 0. The molecule has 0 saturated heterocycles. The first kappa shape index (κ1) is 44.6. The van der Waals surface area contributed by atoms with Crippen molar-refractivity contribution in [3.63, 3.8) is 0 Å². The topological polar surface area (TPSA) is 0 Å². The van der Waals surface area contributed by atoms with E-state index in [1.165, 1.54) is 44.1 Å². The van der Waals surface area contributed by atoms with Gasteiger partial charge in [-0.15, -0.1) is 19.7 Å². The van der Waals surface area contributed by atoms with Crippen LogP contribution < -0.4 is 0 Å². The number of rotatable bonds is 11. The lowest BCUT2D eigenvalue weighted by Gasteiger charge is -2.63. The highest BCUT2D eigenvalue weighted by molar-refractivity contribution is 5.10. The van der Waals surface area contributed by atoms with Crippen LogP contribution in [0.3, 0.4) is 0 Å². The summed E-state index contributed by atoms with van der Waals surface area (Å²) in [5.74, 6) is 2.23. The van der Waals surface area contributed by atoms with E-state index in [9.17, 15) is 0 Å². The van der Waals surface area contributed by atoms with Crippen molar-refractivity contribution in [2.45, 2.75) is 190 Å². The molecule has 1 saturated carbocycles. The van der Waals surface area contributed by atoms with Gasteiger partial charge in [-0.1, -0.05) is 157 Å². The van der Waals surface area contributed by atoms with Gasteiger partial charge in [0, 0.05) is 0 Å². The quantitative estimate of drug-likeness (QED) is 0.206. The van der Waals surface area contributed by atoms with E-state index in [1.54, 1.807) is 0 Å². The maximum absolute atomic E-state index is 4.32. The van der Waals surface area contributed by atoms with Crippen LogP contribution in [0.15, 0.2) is 25.3 Å². The Morgan fingerprint density at radius 2 is 0.907 bits per heavy atom. The molecule has 1 aliphatic rings. The van der Waals surface area contributed by atoms with Crippen LogP contribution in [0.4, 0.5) is 0 Å². The van der Waals surface area contributed by atoms with Gasteiger partial charge in [-0.2, -0.15) is 0 Å². The average molecular weight is 603 g/mol. The second-order valence-electron chi connectivity index (χ2n) is 20.2. The molecule has 0 radical (unpaired) electrons. The van der Waals surface area contributed by atoms with E-state index in [2.05, 4.69) is 165 Å². The van der Waals surface area contributed by atoms with E-state index in [4.69, 9.17) is 0 Å². The van der Waals surface area contributed by atoms with Crippen LogP contribution >= 0.6 is 0 Å². The lowest BCUT2D eigenvalue weighted by Crippen LogP contribution is -2.56. The number of hydrogen-bond acceptors (Lipinski definition) is 0. The highest BCUT2D eigenvalue weighted by Crippen LogP contribution is 2.66. The Kier molecular flexibility index (Phi) is 16.0. The lowest BCUT2D eigenvalue weighted by atomic mass is 9.41. The van der Waals surface area contributed by atoms with Crippen molar-refractivity contribution in [3.05, 3.63) is 25.3 Å². The van der Waals surface area contributed by atoms with Gasteiger partial charge in [0.05, 0.1) is 0 Å². The summed E-state index contributed by atoms with van der Waals surface area (Å²) in [6.45, 7) is 62.6. The molecule has 0 heteroatoms. The van der Waals surface area contributed by atoms with Gasteiger partial charge in [0.2, 0.25) is 0 Å².